The summed E-state index contributed by atoms with van der Waals surface area (Å²) >= 11 is 0. The highest BCUT2D eigenvalue weighted by Crippen LogP contribution is 2.38. The van der Waals surface area contributed by atoms with E-state index in [4.69, 9.17) is 4.74 Å². The molecule has 0 atom stereocenters. The number of hydrogen-bond acceptors (Lipinski definition) is 2. The Kier molecular flexibility index (Phi) is 3.98. The summed E-state index contributed by atoms with van der Waals surface area (Å²) in [6, 6.07) is 8.38. The van der Waals surface area contributed by atoms with Crippen molar-refractivity contribution < 1.29 is 22.7 Å². The summed E-state index contributed by atoms with van der Waals surface area (Å²) in [6.07, 6.45) is -0.839. The van der Waals surface area contributed by atoms with E-state index < -0.39 is 18.0 Å². The van der Waals surface area contributed by atoms with Gasteiger partial charge in [0.2, 0.25) is 0 Å². The summed E-state index contributed by atoms with van der Waals surface area (Å²) in [4.78, 5) is 12.4. The van der Waals surface area contributed by atoms with Crippen molar-refractivity contribution >= 4 is 6.09 Å². The number of fused-ring (bicyclic) bond motifs is 1. The molecule has 3 rings (SSSR count). The van der Waals surface area contributed by atoms with Crippen molar-refractivity contribution in [3.8, 4) is 0 Å². The third-order valence-corrected chi connectivity index (χ3v) is 3.81. The van der Waals surface area contributed by atoms with Crippen LogP contribution >= 0.6 is 0 Å². The van der Waals surface area contributed by atoms with Gasteiger partial charge in [0.15, 0.2) is 0 Å². The minimum atomic E-state index is -3.44. The maximum atomic E-state index is 14.5. The topological polar surface area (TPSA) is 29.5 Å². The monoisotopic (exact) mass is 321 g/mol. The van der Waals surface area contributed by atoms with Crippen LogP contribution in [-0.2, 0) is 23.8 Å². The second-order valence-corrected chi connectivity index (χ2v) is 5.25. The van der Waals surface area contributed by atoms with Crippen molar-refractivity contribution in [3.05, 3.63) is 71.0 Å². The van der Waals surface area contributed by atoms with Crippen molar-refractivity contribution in [3.63, 3.8) is 0 Å². The van der Waals surface area contributed by atoms with Crippen LogP contribution < -0.4 is 0 Å². The Morgan fingerprint density at radius 3 is 2.61 bits per heavy atom. The minimum absolute atomic E-state index is 0.140. The zero-order valence-corrected chi connectivity index (χ0v) is 12.1. The average molecular weight is 321 g/mol. The Morgan fingerprint density at radius 1 is 1.13 bits per heavy atom. The van der Waals surface area contributed by atoms with Gasteiger partial charge < -0.3 is 4.74 Å². The van der Waals surface area contributed by atoms with Crippen LogP contribution in [0.15, 0.2) is 48.5 Å². The van der Waals surface area contributed by atoms with Gasteiger partial charge >= 0.3 is 12.1 Å². The molecule has 1 aliphatic rings. The molecule has 2 aromatic rings. The molecule has 1 aliphatic heterocycles. The molecule has 2 aromatic carbocycles. The molecule has 0 N–H and O–H groups in total. The lowest BCUT2D eigenvalue weighted by Crippen LogP contribution is -2.48. The zero-order valence-electron chi connectivity index (χ0n) is 12.1. The van der Waals surface area contributed by atoms with Gasteiger partial charge in [-0.2, -0.15) is 8.78 Å². The van der Waals surface area contributed by atoms with E-state index in [9.17, 15) is 18.0 Å². The van der Waals surface area contributed by atoms with Crippen LogP contribution in [0.3, 0.4) is 0 Å². The van der Waals surface area contributed by atoms with Gasteiger partial charge in [-0.1, -0.05) is 42.5 Å². The molecule has 0 saturated heterocycles. The zero-order chi connectivity index (χ0) is 16.4. The van der Waals surface area contributed by atoms with Gasteiger partial charge in [0.05, 0.1) is 0 Å². The molecule has 0 aromatic heterocycles. The number of halogens is 3. The molecule has 6 heteroatoms. The van der Waals surface area contributed by atoms with Crippen molar-refractivity contribution in [2.24, 2.45) is 0 Å². The van der Waals surface area contributed by atoms with Gasteiger partial charge in [-0.05, 0) is 18.1 Å². The molecule has 0 aliphatic carbocycles. The van der Waals surface area contributed by atoms with Gasteiger partial charge in [0.25, 0.3) is 0 Å². The predicted molar refractivity (Wildman–Crippen MR) is 77.3 cm³/mol. The van der Waals surface area contributed by atoms with Crippen LogP contribution in [0.1, 0.15) is 16.7 Å². The van der Waals surface area contributed by atoms with Crippen molar-refractivity contribution in [1.82, 2.24) is 4.90 Å². The number of alkyl halides is 2. The van der Waals surface area contributed by atoms with E-state index in [1.54, 1.807) is 18.2 Å². The Hall–Kier alpha value is -2.50. The Labute approximate surface area is 131 Å². The molecular formula is C17H14F3NO2. The molecule has 0 bridgehead atoms. The summed E-state index contributed by atoms with van der Waals surface area (Å²) in [5.74, 6) is -0.545. The maximum Gasteiger partial charge on any atom is 0.415 e. The van der Waals surface area contributed by atoms with Crippen molar-refractivity contribution in [2.75, 3.05) is 6.54 Å². The first kappa shape index (κ1) is 15.4. The van der Waals surface area contributed by atoms with Gasteiger partial charge in [0, 0.05) is 17.7 Å². The molecule has 0 radical (unpaired) electrons. The lowest BCUT2D eigenvalue weighted by Gasteiger charge is -2.35. The van der Waals surface area contributed by atoms with E-state index in [-0.39, 0.29) is 24.3 Å². The summed E-state index contributed by atoms with van der Waals surface area (Å²) < 4.78 is 47.3. The van der Waals surface area contributed by atoms with Crippen LogP contribution in [0.5, 0.6) is 0 Å². The standard InChI is InChI=1S/C17H14F3NO2/c18-15-8-4-2-6-13(15)11-23-16(22)21-10-9-12-5-1-3-7-14(12)17(21,19)20/h1-8H,9-11H2. The highest BCUT2D eigenvalue weighted by Gasteiger charge is 2.47. The second-order valence-electron chi connectivity index (χ2n) is 5.25. The number of benzene rings is 2. The van der Waals surface area contributed by atoms with Gasteiger partial charge in [-0.3, -0.25) is 0 Å². The Balaban J connectivity index is 1.75. The second kappa shape index (κ2) is 5.95. The molecule has 1 heterocycles. The SMILES string of the molecule is O=C(OCc1ccccc1F)N1CCc2ccccc2C1(F)F. The third-order valence-electron chi connectivity index (χ3n) is 3.81. The summed E-state index contributed by atoms with van der Waals surface area (Å²) in [6.45, 7) is -0.542. The van der Waals surface area contributed by atoms with E-state index in [0.717, 1.165) is 0 Å². The van der Waals surface area contributed by atoms with Crippen molar-refractivity contribution in [1.29, 1.82) is 0 Å². The Bertz CT molecular complexity index is 733. The van der Waals surface area contributed by atoms with E-state index in [2.05, 4.69) is 0 Å². The molecule has 0 unspecified atom stereocenters. The predicted octanol–water partition coefficient (Wildman–Crippen LogP) is 4.07. The lowest BCUT2D eigenvalue weighted by molar-refractivity contribution is -0.146. The van der Waals surface area contributed by atoms with Crippen molar-refractivity contribution in [2.45, 2.75) is 19.1 Å². The van der Waals surface area contributed by atoms with Gasteiger partial charge in [-0.25, -0.2) is 14.1 Å². The maximum absolute atomic E-state index is 14.5. The summed E-state index contributed by atoms with van der Waals surface area (Å²) in [5.41, 5.74) is 0.450. The first-order valence-electron chi connectivity index (χ1n) is 7.14. The number of amides is 1. The first-order valence-corrected chi connectivity index (χ1v) is 7.14. The van der Waals surface area contributed by atoms with E-state index in [0.29, 0.717) is 16.9 Å². The number of nitrogens with zero attached hydrogens (tertiary/aromatic N) is 1. The molecule has 1 amide bonds. The quantitative estimate of drug-likeness (QED) is 0.780. The van der Waals surface area contributed by atoms with Gasteiger partial charge in [0.1, 0.15) is 12.4 Å². The number of ether oxygens (including phenoxy) is 1. The molecule has 0 spiro atoms. The normalized spacial score (nSPS) is 15.9. The molecular weight excluding hydrogens is 307 g/mol. The van der Waals surface area contributed by atoms with Crippen LogP contribution in [0.25, 0.3) is 0 Å². The van der Waals surface area contributed by atoms with Gasteiger partial charge in [-0.15, -0.1) is 0 Å². The largest absolute Gasteiger partial charge is 0.444 e. The lowest BCUT2D eigenvalue weighted by atomic mass is 9.98. The van der Waals surface area contributed by atoms with Crippen LogP contribution in [0.4, 0.5) is 18.0 Å². The van der Waals surface area contributed by atoms with E-state index in [1.807, 2.05) is 0 Å². The first-order chi connectivity index (χ1) is 11.0. The third kappa shape index (κ3) is 2.88. The van der Waals surface area contributed by atoms with E-state index in [1.165, 1.54) is 30.3 Å². The fraction of sp³-hybridized carbons (Fsp3) is 0.235. The number of hydrogen-bond donors (Lipinski definition) is 0. The summed E-state index contributed by atoms with van der Waals surface area (Å²) in [5, 5.41) is 0. The number of carbonyl (C=O) groups excluding carboxylic acids is 1. The van der Waals surface area contributed by atoms with Crippen LogP contribution in [0, 0.1) is 5.82 Å². The molecule has 120 valence electrons. The average Bonchev–Trinajstić information content (AvgIpc) is 2.54. The fourth-order valence-electron chi connectivity index (χ4n) is 2.59. The van der Waals surface area contributed by atoms with Crippen LogP contribution in [0.2, 0.25) is 0 Å². The Morgan fingerprint density at radius 2 is 1.83 bits per heavy atom. The number of rotatable bonds is 2. The molecule has 3 nitrogen and oxygen atoms in total. The molecule has 0 fully saturated rings. The van der Waals surface area contributed by atoms with Crippen LogP contribution in [-0.4, -0.2) is 17.5 Å². The highest BCUT2D eigenvalue weighted by atomic mass is 19.3. The minimum Gasteiger partial charge on any atom is -0.444 e. The van der Waals surface area contributed by atoms with E-state index >= 15 is 0 Å². The molecule has 0 saturated carbocycles. The smallest absolute Gasteiger partial charge is 0.415 e. The highest BCUT2D eigenvalue weighted by molar-refractivity contribution is 5.69. The summed E-state index contributed by atoms with van der Waals surface area (Å²) in [7, 11) is 0. The number of carbonyl (C=O) groups is 1. The molecule has 23 heavy (non-hydrogen) atoms. The fourth-order valence-corrected chi connectivity index (χ4v) is 2.59.